The van der Waals surface area contributed by atoms with Gasteiger partial charge in [-0.3, -0.25) is 0 Å². The lowest BCUT2D eigenvalue weighted by molar-refractivity contribution is 0.0235. The summed E-state index contributed by atoms with van der Waals surface area (Å²) in [5.74, 6) is 0.630. The van der Waals surface area contributed by atoms with Crippen molar-refractivity contribution in [3.8, 4) is 5.88 Å². The van der Waals surface area contributed by atoms with E-state index in [9.17, 15) is 4.79 Å². The zero-order valence-electron chi connectivity index (χ0n) is 13.9. The van der Waals surface area contributed by atoms with E-state index in [1.54, 1.807) is 0 Å². The van der Waals surface area contributed by atoms with Crippen LogP contribution in [0.15, 0.2) is 36.4 Å². The number of carbonyl (C=O) groups excluding carboxylic acids is 1. The second kappa shape index (κ2) is 6.28. The lowest BCUT2D eigenvalue weighted by Crippen LogP contribution is -2.61. The SMILES string of the molecule is CN1CCN(C(=O)N2CC(Oc3ccc4ccccc4n3)C2)CC1. The second-order valence-corrected chi connectivity index (χ2v) is 6.56. The summed E-state index contributed by atoms with van der Waals surface area (Å²) in [5, 5.41) is 1.10. The van der Waals surface area contributed by atoms with Crippen LogP contribution in [0, 0.1) is 0 Å². The summed E-state index contributed by atoms with van der Waals surface area (Å²) in [4.78, 5) is 23.0. The molecule has 2 amide bonds. The molecule has 24 heavy (non-hydrogen) atoms. The fourth-order valence-electron chi connectivity index (χ4n) is 3.15. The number of amides is 2. The van der Waals surface area contributed by atoms with E-state index in [4.69, 9.17) is 4.74 Å². The molecule has 0 bridgehead atoms. The van der Waals surface area contributed by atoms with E-state index in [1.807, 2.05) is 46.2 Å². The highest BCUT2D eigenvalue weighted by Crippen LogP contribution is 2.21. The van der Waals surface area contributed by atoms with Gasteiger partial charge in [-0.05, 0) is 19.2 Å². The lowest BCUT2D eigenvalue weighted by atomic mass is 10.1. The van der Waals surface area contributed by atoms with Crippen molar-refractivity contribution in [2.24, 2.45) is 0 Å². The second-order valence-electron chi connectivity index (χ2n) is 6.56. The van der Waals surface area contributed by atoms with Crippen LogP contribution in [0.2, 0.25) is 0 Å². The molecule has 6 heteroatoms. The summed E-state index contributed by atoms with van der Waals surface area (Å²) in [5.41, 5.74) is 0.930. The number of pyridine rings is 1. The molecule has 1 aromatic carbocycles. The van der Waals surface area contributed by atoms with Gasteiger partial charge in [-0.1, -0.05) is 18.2 Å². The summed E-state index contributed by atoms with van der Waals surface area (Å²) in [6.45, 7) is 4.79. The zero-order chi connectivity index (χ0) is 16.5. The van der Waals surface area contributed by atoms with E-state index < -0.39 is 0 Å². The van der Waals surface area contributed by atoms with Gasteiger partial charge in [0.25, 0.3) is 0 Å². The topological polar surface area (TPSA) is 48.9 Å². The van der Waals surface area contributed by atoms with Gasteiger partial charge in [0.05, 0.1) is 18.6 Å². The van der Waals surface area contributed by atoms with Gasteiger partial charge in [-0.25, -0.2) is 9.78 Å². The third kappa shape index (κ3) is 3.01. The maximum atomic E-state index is 12.4. The van der Waals surface area contributed by atoms with Crippen molar-refractivity contribution in [2.45, 2.75) is 6.10 Å². The molecule has 2 aromatic rings. The zero-order valence-corrected chi connectivity index (χ0v) is 13.9. The van der Waals surface area contributed by atoms with E-state index in [1.165, 1.54) is 0 Å². The highest BCUT2D eigenvalue weighted by molar-refractivity contribution is 5.78. The number of fused-ring (bicyclic) bond motifs is 1. The van der Waals surface area contributed by atoms with Crippen LogP contribution in [-0.2, 0) is 0 Å². The van der Waals surface area contributed by atoms with Crippen molar-refractivity contribution >= 4 is 16.9 Å². The number of likely N-dealkylation sites (tertiary alicyclic amines) is 1. The molecular weight excluding hydrogens is 304 g/mol. The largest absolute Gasteiger partial charge is 0.471 e. The smallest absolute Gasteiger partial charge is 0.320 e. The molecule has 4 rings (SSSR count). The Balaban J connectivity index is 1.31. The maximum absolute atomic E-state index is 12.4. The van der Waals surface area contributed by atoms with E-state index in [2.05, 4.69) is 16.9 Å². The van der Waals surface area contributed by atoms with Crippen LogP contribution in [0.1, 0.15) is 0 Å². The van der Waals surface area contributed by atoms with Crippen molar-refractivity contribution in [3.05, 3.63) is 36.4 Å². The molecule has 0 atom stereocenters. The fourth-order valence-corrected chi connectivity index (χ4v) is 3.15. The highest BCUT2D eigenvalue weighted by atomic mass is 16.5. The van der Waals surface area contributed by atoms with Gasteiger partial charge >= 0.3 is 6.03 Å². The first-order chi connectivity index (χ1) is 11.7. The highest BCUT2D eigenvalue weighted by Gasteiger charge is 2.35. The molecule has 0 spiro atoms. The Hall–Kier alpha value is -2.34. The van der Waals surface area contributed by atoms with Crippen LogP contribution >= 0.6 is 0 Å². The van der Waals surface area contributed by atoms with Crippen LogP contribution in [0.5, 0.6) is 5.88 Å². The molecule has 2 aliphatic rings. The first kappa shape index (κ1) is 15.2. The Morgan fingerprint density at radius 1 is 1.04 bits per heavy atom. The number of benzene rings is 1. The summed E-state index contributed by atoms with van der Waals surface area (Å²) in [6, 6.07) is 12.0. The van der Waals surface area contributed by atoms with Gasteiger partial charge in [0.1, 0.15) is 6.10 Å². The first-order valence-electron chi connectivity index (χ1n) is 8.44. The van der Waals surface area contributed by atoms with Crippen LogP contribution in [0.4, 0.5) is 4.79 Å². The third-order valence-corrected chi connectivity index (χ3v) is 4.75. The van der Waals surface area contributed by atoms with E-state index in [0.29, 0.717) is 19.0 Å². The number of urea groups is 1. The average Bonchev–Trinajstić information content (AvgIpc) is 2.58. The Kier molecular flexibility index (Phi) is 3.98. The summed E-state index contributed by atoms with van der Waals surface area (Å²) in [7, 11) is 2.09. The van der Waals surface area contributed by atoms with E-state index >= 15 is 0 Å². The molecule has 126 valence electrons. The molecule has 0 saturated carbocycles. The van der Waals surface area contributed by atoms with Gasteiger partial charge in [-0.2, -0.15) is 0 Å². The molecule has 0 radical (unpaired) electrons. The van der Waals surface area contributed by atoms with Gasteiger partial charge in [-0.15, -0.1) is 0 Å². The van der Waals surface area contributed by atoms with Gasteiger partial charge in [0.15, 0.2) is 0 Å². The van der Waals surface area contributed by atoms with Crippen LogP contribution in [-0.4, -0.2) is 78.1 Å². The number of hydrogen-bond donors (Lipinski definition) is 0. The van der Waals surface area contributed by atoms with Crippen molar-refractivity contribution in [1.82, 2.24) is 19.7 Å². The predicted molar refractivity (Wildman–Crippen MR) is 92.2 cm³/mol. The Bertz CT molecular complexity index is 737. The lowest BCUT2D eigenvalue weighted by Gasteiger charge is -2.43. The predicted octanol–water partition coefficient (Wildman–Crippen LogP) is 1.67. The Morgan fingerprint density at radius 2 is 1.79 bits per heavy atom. The number of rotatable bonds is 2. The number of nitrogens with zero attached hydrogens (tertiary/aromatic N) is 4. The summed E-state index contributed by atoms with van der Waals surface area (Å²) < 4.78 is 5.91. The Labute approximate surface area is 141 Å². The normalized spacial score (nSPS) is 19.4. The minimum atomic E-state index is 0.0371. The summed E-state index contributed by atoms with van der Waals surface area (Å²) in [6.07, 6.45) is 0.0371. The van der Waals surface area contributed by atoms with Crippen molar-refractivity contribution < 1.29 is 9.53 Å². The number of piperazine rings is 1. The maximum Gasteiger partial charge on any atom is 0.320 e. The minimum absolute atomic E-state index is 0.0371. The molecule has 0 aliphatic carbocycles. The molecule has 0 unspecified atom stereocenters. The van der Waals surface area contributed by atoms with Crippen LogP contribution < -0.4 is 4.74 Å². The molecule has 3 heterocycles. The third-order valence-electron chi connectivity index (χ3n) is 4.75. The van der Waals surface area contributed by atoms with Gasteiger partial charge < -0.3 is 19.4 Å². The Morgan fingerprint density at radius 3 is 2.58 bits per heavy atom. The standard InChI is InChI=1S/C18H22N4O2/c1-20-8-10-21(11-9-20)18(23)22-12-15(13-22)24-17-7-6-14-4-2-3-5-16(14)19-17/h2-7,15H,8-13H2,1H3. The number of para-hydroxylation sites is 1. The average molecular weight is 326 g/mol. The van der Waals surface area contributed by atoms with Crippen LogP contribution in [0.25, 0.3) is 10.9 Å². The molecule has 6 nitrogen and oxygen atoms in total. The number of carbonyl (C=O) groups is 1. The van der Waals surface area contributed by atoms with Crippen molar-refractivity contribution in [3.63, 3.8) is 0 Å². The molecule has 2 aliphatic heterocycles. The number of hydrogen-bond acceptors (Lipinski definition) is 4. The number of aromatic nitrogens is 1. The molecular formula is C18H22N4O2. The van der Waals surface area contributed by atoms with Gasteiger partial charge in [0.2, 0.25) is 5.88 Å². The van der Waals surface area contributed by atoms with Crippen molar-refractivity contribution in [2.75, 3.05) is 46.3 Å². The van der Waals surface area contributed by atoms with Gasteiger partial charge in [0, 0.05) is 37.6 Å². The number of ether oxygens (including phenoxy) is 1. The fraction of sp³-hybridized carbons (Fsp3) is 0.444. The first-order valence-corrected chi connectivity index (χ1v) is 8.44. The quantitative estimate of drug-likeness (QED) is 0.842. The minimum Gasteiger partial charge on any atom is -0.471 e. The molecule has 2 saturated heterocycles. The number of likely N-dealkylation sites (N-methyl/N-ethyl adjacent to an activating group) is 1. The monoisotopic (exact) mass is 326 g/mol. The van der Waals surface area contributed by atoms with Crippen LogP contribution in [0.3, 0.4) is 0 Å². The molecule has 0 N–H and O–H groups in total. The van der Waals surface area contributed by atoms with Crippen molar-refractivity contribution in [1.29, 1.82) is 0 Å². The molecule has 1 aromatic heterocycles. The summed E-state index contributed by atoms with van der Waals surface area (Å²) >= 11 is 0. The van der Waals surface area contributed by atoms with E-state index in [-0.39, 0.29) is 12.1 Å². The van der Waals surface area contributed by atoms with E-state index in [0.717, 1.165) is 37.1 Å². The molecule has 2 fully saturated rings.